The number of hydrogen-bond acceptors (Lipinski definition) is 2. The lowest BCUT2D eigenvalue weighted by atomic mass is 9.80. The molecule has 2 unspecified atom stereocenters. The summed E-state index contributed by atoms with van der Waals surface area (Å²) in [4.78, 5) is 10.8. The monoisotopic (exact) mass is 241 g/mol. The number of carboxylic acid groups (broad SMARTS) is 1. The van der Waals surface area contributed by atoms with Crippen molar-refractivity contribution in [2.45, 2.75) is 64.8 Å². The molecule has 1 saturated carbocycles. The zero-order valence-electron chi connectivity index (χ0n) is 11.2. The molecule has 0 bridgehead atoms. The fourth-order valence-corrected chi connectivity index (χ4v) is 2.94. The maximum Gasteiger partial charge on any atom is 0.307 e. The summed E-state index contributed by atoms with van der Waals surface area (Å²) >= 11 is 0. The van der Waals surface area contributed by atoms with E-state index in [-0.39, 0.29) is 6.04 Å². The van der Waals surface area contributed by atoms with Crippen LogP contribution in [0.5, 0.6) is 0 Å². The van der Waals surface area contributed by atoms with E-state index >= 15 is 0 Å². The Bertz CT molecular complexity index is 236. The van der Waals surface area contributed by atoms with E-state index in [0.29, 0.717) is 5.92 Å². The van der Waals surface area contributed by atoms with Gasteiger partial charge in [0.25, 0.3) is 0 Å². The quantitative estimate of drug-likeness (QED) is 0.751. The standard InChI is InChI=1S/C14H27NO2/c1-10(8-12-6-4-3-5-7-12)9-13(15)11(2)14(16)17/h10-13H,3-9,15H2,1-2H3,(H,16,17)/t10?,11?,13-/m0/s1. The lowest BCUT2D eigenvalue weighted by Crippen LogP contribution is -2.35. The highest BCUT2D eigenvalue weighted by atomic mass is 16.4. The van der Waals surface area contributed by atoms with E-state index in [4.69, 9.17) is 10.8 Å². The van der Waals surface area contributed by atoms with Gasteiger partial charge in [0.2, 0.25) is 0 Å². The molecule has 0 aromatic rings. The van der Waals surface area contributed by atoms with Crippen LogP contribution in [0, 0.1) is 17.8 Å². The third kappa shape index (κ3) is 5.07. The van der Waals surface area contributed by atoms with E-state index in [1.54, 1.807) is 6.92 Å². The van der Waals surface area contributed by atoms with Gasteiger partial charge in [-0.2, -0.15) is 0 Å². The molecule has 100 valence electrons. The van der Waals surface area contributed by atoms with E-state index in [1.807, 2.05) is 0 Å². The Balaban J connectivity index is 2.27. The Hall–Kier alpha value is -0.570. The molecule has 3 heteroatoms. The van der Waals surface area contributed by atoms with E-state index in [9.17, 15) is 4.79 Å². The summed E-state index contributed by atoms with van der Waals surface area (Å²) in [7, 11) is 0. The smallest absolute Gasteiger partial charge is 0.307 e. The average Bonchev–Trinajstić information content (AvgIpc) is 2.28. The molecule has 3 N–H and O–H groups in total. The van der Waals surface area contributed by atoms with Crippen LogP contribution in [0.15, 0.2) is 0 Å². The Morgan fingerprint density at radius 1 is 1.29 bits per heavy atom. The van der Waals surface area contributed by atoms with Gasteiger partial charge < -0.3 is 10.8 Å². The van der Waals surface area contributed by atoms with Crippen molar-refractivity contribution in [1.82, 2.24) is 0 Å². The zero-order chi connectivity index (χ0) is 12.8. The van der Waals surface area contributed by atoms with E-state index in [0.717, 1.165) is 12.3 Å². The first-order valence-electron chi connectivity index (χ1n) is 6.99. The molecule has 0 spiro atoms. The van der Waals surface area contributed by atoms with Crippen molar-refractivity contribution in [2.24, 2.45) is 23.5 Å². The van der Waals surface area contributed by atoms with E-state index < -0.39 is 11.9 Å². The minimum absolute atomic E-state index is 0.203. The van der Waals surface area contributed by atoms with E-state index in [2.05, 4.69) is 6.92 Å². The number of carbonyl (C=O) groups is 1. The largest absolute Gasteiger partial charge is 0.481 e. The van der Waals surface area contributed by atoms with Gasteiger partial charge in [0.05, 0.1) is 5.92 Å². The molecule has 3 atom stereocenters. The predicted molar refractivity (Wildman–Crippen MR) is 69.7 cm³/mol. The third-order valence-electron chi connectivity index (χ3n) is 4.17. The first-order chi connectivity index (χ1) is 8.00. The van der Waals surface area contributed by atoms with Crippen molar-refractivity contribution in [2.75, 3.05) is 0 Å². The summed E-state index contributed by atoms with van der Waals surface area (Å²) in [6, 6.07) is -0.203. The Kier molecular flexibility index (Phi) is 5.96. The van der Waals surface area contributed by atoms with Crippen LogP contribution in [0.3, 0.4) is 0 Å². The molecular formula is C14H27NO2. The molecule has 0 heterocycles. The fraction of sp³-hybridized carbons (Fsp3) is 0.929. The van der Waals surface area contributed by atoms with Crippen LogP contribution >= 0.6 is 0 Å². The van der Waals surface area contributed by atoms with Crippen molar-refractivity contribution in [3.63, 3.8) is 0 Å². The second-order valence-corrected chi connectivity index (χ2v) is 5.87. The summed E-state index contributed by atoms with van der Waals surface area (Å²) in [6.45, 7) is 3.92. The van der Waals surface area contributed by atoms with Gasteiger partial charge in [-0.25, -0.2) is 0 Å². The predicted octanol–water partition coefficient (Wildman–Crippen LogP) is 3.03. The summed E-state index contributed by atoms with van der Waals surface area (Å²) in [6.07, 6.45) is 8.90. The van der Waals surface area contributed by atoms with Gasteiger partial charge in [0, 0.05) is 6.04 Å². The lowest BCUT2D eigenvalue weighted by Gasteiger charge is -2.26. The number of nitrogens with two attached hydrogens (primary N) is 1. The number of rotatable bonds is 6. The molecule has 17 heavy (non-hydrogen) atoms. The SMILES string of the molecule is CC(CC1CCCCC1)C[C@H](N)C(C)C(=O)O. The summed E-state index contributed by atoms with van der Waals surface area (Å²) < 4.78 is 0. The highest BCUT2D eigenvalue weighted by molar-refractivity contribution is 5.70. The Morgan fingerprint density at radius 3 is 2.41 bits per heavy atom. The molecule has 1 fully saturated rings. The van der Waals surface area contributed by atoms with Gasteiger partial charge in [0.1, 0.15) is 0 Å². The number of carboxylic acids is 1. The van der Waals surface area contributed by atoms with E-state index in [1.165, 1.54) is 38.5 Å². The second kappa shape index (κ2) is 7.00. The minimum atomic E-state index is -0.776. The highest BCUT2D eigenvalue weighted by Gasteiger charge is 2.23. The molecule has 1 rings (SSSR count). The molecule has 0 aromatic heterocycles. The van der Waals surface area contributed by atoms with Gasteiger partial charge in [-0.05, 0) is 24.7 Å². The number of hydrogen-bond donors (Lipinski definition) is 2. The normalized spacial score (nSPS) is 23.0. The van der Waals surface area contributed by atoms with Gasteiger partial charge in [0.15, 0.2) is 0 Å². The molecule has 0 radical (unpaired) electrons. The van der Waals surface area contributed by atoms with Crippen LogP contribution in [-0.4, -0.2) is 17.1 Å². The second-order valence-electron chi connectivity index (χ2n) is 5.87. The van der Waals surface area contributed by atoms with Crippen LogP contribution in [0.25, 0.3) is 0 Å². The maximum atomic E-state index is 10.8. The summed E-state index contributed by atoms with van der Waals surface area (Å²) in [5, 5.41) is 8.91. The van der Waals surface area contributed by atoms with Crippen LogP contribution in [0.2, 0.25) is 0 Å². The Morgan fingerprint density at radius 2 is 1.88 bits per heavy atom. The van der Waals surface area contributed by atoms with Crippen LogP contribution in [0.1, 0.15) is 58.8 Å². The van der Waals surface area contributed by atoms with Gasteiger partial charge in [-0.15, -0.1) is 0 Å². The molecule has 0 aliphatic heterocycles. The average molecular weight is 241 g/mol. The van der Waals surface area contributed by atoms with Crippen LogP contribution in [0.4, 0.5) is 0 Å². The van der Waals surface area contributed by atoms with Crippen molar-refractivity contribution >= 4 is 5.97 Å². The topological polar surface area (TPSA) is 63.3 Å². The third-order valence-corrected chi connectivity index (χ3v) is 4.17. The molecule has 1 aliphatic carbocycles. The molecule has 0 saturated heterocycles. The van der Waals surface area contributed by atoms with Gasteiger partial charge in [-0.1, -0.05) is 46.0 Å². The molecule has 1 aliphatic rings. The first kappa shape index (κ1) is 14.5. The van der Waals surface area contributed by atoms with Crippen molar-refractivity contribution in [1.29, 1.82) is 0 Å². The fourth-order valence-electron chi connectivity index (χ4n) is 2.94. The summed E-state index contributed by atoms with van der Waals surface area (Å²) in [5.74, 6) is 0.201. The van der Waals surface area contributed by atoms with Crippen molar-refractivity contribution < 1.29 is 9.90 Å². The number of aliphatic carboxylic acids is 1. The van der Waals surface area contributed by atoms with Gasteiger partial charge >= 0.3 is 5.97 Å². The maximum absolute atomic E-state index is 10.8. The molecule has 0 amide bonds. The lowest BCUT2D eigenvalue weighted by molar-refractivity contribution is -0.141. The Labute approximate surface area is 105 Å². The molecule has 3 nitrogen and oxygen atoms in total. The van der Waals surface area contributed by atoms with Crippen molar-refractivity contribution in [3.05, 3.63) is 0 Å². The van der Waals surface area contributed by atoms with Crippen LogP contribution in [-0.2, 0) is 4.79 Å². The minimum Gasteiger partial charge on any atom is -0.481 e. The summed E-state index contributed by atoms with van der Waals surface area (Å²) in [5.41, 5.74) is 5.94. The highest BCUT2D eigenvalue weighted by Crippen LogP contribution is 2.30. The van der Waals surface area contributed by atoms with Crippen molar-refractivity contribution in [3.8, 4) is 0 Å². The van der Waals surface area contributed by atoms with Gasteiger partial charge in [-0.3, -0.25) is 4.79 Å². The molecular weight excluding hydrogens is 214 g/mol. The van der Waals surface area contributed by atoms with Crippen LogP contribution < -0.4 is 5.73 Å². The zero-order valence-corrected chi connectivity index (χ0v) is 11.2. The molecule has 0 aromatic carbocycles. The first-order valence-corrected chi connectivity index (χ1v) is 6.99.